The van der Waals surface area contributed by atoms with Crippen LogP contribution in [0.1, 0.15) is 16.7 Å². The van der Waals surface area contributed by atoms with Gasteiger partial charge in [0.2, 0.25) is 11.8 Å². The van der Waals surface area contributed by atoms with E-state index in [4.69, 9.17) is 11.6 Å². The number of fused-ring (bicyclic) bond motifs is 4. The molecule has 2 atom stereocenters. The molecular formula is C24H23ClFN5O2. The molecule has 0 radical (unpaired) electrons. The number of aryl methyl sites for hydroxylation is 1. The number of nitrogens with zero attached hydrogens (tertiary/aromatic N) is 1. The second-order valence-corrected chi connectivity index (χ2v) is 9.07. The zero-order valence-electron chi connectivity index (χ0n) is 18.0. The number of aromatic nitrogens is 1. The fourth-order valence-corrected chi connectivity index (χ4v) is 4.98. The van der Waals surface area contributed by atoms with Crippen molar-refractivity contribution < 1.29 is 14.0 Å². The van der Waals surface area contributed by atoms with E-state index in [9.17, 15) is 14.0 Å². The van der Waals surface area contributed by atoms with Crippen molar-refractivity contribution in [1.29, 1.82) is 0 Å². The Morgan fingerprint density at radius 2 is 1.58 bits per heavy atom. The number of benzene rings is 1. The first-order chi connectivity index (χ1) is 15.9. The van der Waals surface area contributed by atoms with Gasteiger partial charge in [-0.25, -0.2) is 9.37 Å². The van der Waals surface area contributed by atoms with E-state index < -0.39 is 16.6 Å². The molecule has 6 rings (SSSR count). The summed E-state index contributed by atoms with van der Waals surface area (Å²) in [7, 11) is 0. The van der Waals surface area contributed by atoms with E-state index in [0.717, 1.165) is 17.7 Å². The van der Waals surface area contributed by atoms with Crippen LogP contribution < -0.4 is 21.3 Å². The standard InChI is InChI=1S/C12H10ClFN2O.C12H13N3O/c13-7-4-8-10(9(14)5-7)16-11(17)12(8)2-1-3-15-6-12;1-8-5-9-10(14-6-8)15-11(16)12(9)3-2-4-13-7-12/h1-2,4-5,15H,3,6H2,(H,16,17);2-3,5-6,13H,4,7H2,1H3,(H,14,15,16)/t2*12-/m11/s1. The van der Waals surface area contributed by atoms with Crippen molar-refractivity contribution in [3.8, 4) is 0 Å². The highest BCUT2D eigenvalue weighted by Crippen LogP contribution is 2.42. The number of rotatable bonds is 0. The summed E-state index contributed by atoms with van der Waals surface area (Å²) >= 11 is 5.86. The highest BCUT2D eigenvalue weighted by molar-refractivity contribution is 6.31. The van der Waals surface area contributed by atoms with Crippen molar-refractivity contribution in [3.63, 3.8) is 0 Å². The Kier molecular flexibility index (Phi) is 5.31. The Labute approximate surface area is 195 Å². The van der Waals surface area contributed by atoms with Gasteiger partial charge in [0.25, 0.3) is 0 Å². The van der Waals surface area contributed by atoms with Crippen molar-refractivity contribution >= 4 is 34.9 Å². The normalized spacial score (nSPS) is 26.5. The van der Waals surface area contributed by atoms with Crippen LogP contribution in [0.4, 0.5) is 15.9 Å². The predicted molar refractivity (Wildman–Crippen MR) is 125 cm³/mol. The molecule has 1 aromatic heterocycles. The number of halogens is 2. The largest absolute Gasteiger partial charge is 0.322 e. The zero-order chi connectivity index (χ0) is 23.2. The Morgan fingerprint density at radius 3 is 2.21 bits per heavy atom. The summed E-state index contributed by atoms with van der Waals surface area (Å²) in [6.07, 6.45) is 9.46. The van der Waals surface area contributed by atoms with Gasteiger partial charge in [-0.3, -0.25) is 9.59 Å². The number of nitrogens with one attached hydrogen (secondary N) is 4. The molecule has 0 saturated carbocycles. The first-order valence-electron chi connectivity index (χ1n) is 10.7. The topological polar surface area (TPSA) is 95.2 Å². The van der Waals surface area contributed by atoms with Gasteiger partial charge < -0.3 is 21.3 Å². The second kappa shape index (κ2) is 8.06. The molecule has 4 N–H and O–H groups in total. The van der Waals surface area contributed by atoms with Gasteiger partial charge in [0.05, 0.1) is 5.69 Å². The van der Waals surface area contributed by atoms with Crippen LogP contribution in [0, 0.1) is 12.7 Å². The fourth-order valence-electron chi connectivity index (χ4n) is 4.78. The first kappa shape index (κ1) is 21.8. The highest BCUT2D eigenvalue weighted by Gasteiger charge is 2.47. The molecule has 4 aliphatic heterocycles. The van der Waals surface area contributed by atoms with E-state index in [1.54, 1.807) is 12.3 Å². The van der Waals surface area contributed by atoms with Crippen LogP contribution in [-0.2, 0) is 20.4 Å². The van der Waals surface area contributed by atoms with Crippen LogP contribution in [0.5, 0.6) is 0 Å². The molecule has 0 fully saturated rings. The number of hydrogen-bond donors (Lipinski definition) is 4. The lowest BCUT2D eigenvalue weighted by Crippen LogP contribution is -2.45. The summed E-state index contributed by atoms with van der Waals surface area (Å²) in [6, 6.07) is 4.90. The van der Waals surface area contributed by atoms with Gasteiger partial charge in [0.15, 0.2) is 0 Å². The average Bonchev–Trinajstić information content (AvgIpc) is 3.22. The maximum atomic E-state index is 13.7. The van der Waals surface area contributed by atoms with E-state index in [2.05, 4.69) is 26.3 Å². The van der Waals surface area contributed by atoms with Crippen LogP contribution in [0.15, 0.2) is 48.7 Å². The van der Waals surface area contributed by atoms with Crippen molar-refractivity contribution in [3.05, 3.63) is 76.2 Å². The van der Waals surface area contributed by atoms with Crippen LogP contribution >= 0.6 is 11.6 Å². The van der Waals surface area contributed by atoms with Crippen LogP contribution in [0.2, 0.25) is 5.02 Å². The minimum atomic E-state index is -0.820. The number of hydrogen-bond acceptors (Lipinski definition) is 5. The molecule has 4 aliphatic rings. The predicted octanol–water partition coefficient (Wildman–Crippen LogP) is 2.57. The minimum absolute atomic E-state index is 0.0176. The lowest BCUT2D eigenvalue weighted by Gasteiger charge is -2.27. The fraction of sp³-hybridized carbons (Fsp3) is 0.292. The average molecular weight is 468 g/mol. The summed E-state index contributed by atoms with van der Waals surface area (Å²) in [5.41, 5.74) is 1.55. The number of pyridine rings is 1. The van der Waals surface area contributed by atoms with Crippen LogP contribution in [0.3, 0.4) is 0 Å². The lowest BCUT2D eigenvalue weighted by molar-refractivity contribution is -0.120. The van der Waals surface area contributed by atoms with Gasteiger partial charge >= 0.3 is 0 Å². The SMILES string of the molecule is Cc1cnc2c(c1)[C@]1(C=CCNC1)C(=O)N2.O=C1Nc2c(F)cc(Cl)cc2[C@]12C=CCNC2. The molecule has 2 spiro atoms. The van der Waals surface area contributed by atoms with Crippen molar-refractivity contribution in [2.45, 2.75) is 17.8 Å². The first-order valence-corrected chi connectivity index (χ1v) is 11.1. The van der Waals surface area contributed by atoms with Crippen molar-refractivity contribution in [2.24, 2.45) is 0 Å². The quantitative estimate of drug-likeness (QED) is 0.447. The molecule has 0 unspecified atom stereocenters. The van der Waals surface area contributed by atoms with Crippen molar-refractivity contribution in [2.75, 3.05) is 36.8 Å². The van der Waals surface area contributed by atoms with E-state index in [1.807, 2.05) is 37.3 Å². The Morgan fingerprint density at radius 1 is 0.939 bits per heavy atom. The summed E-state index contributed by atoms with van der Waals surface area (Å²) in [5.74, 6) is 0.0156. The molecule has 1 aromatic carbocycles. The monoisotopic (exact) mass is 467 g/mol. The second-order valence-electron chi connectivity index (χ2n) is 8.64. The van der Waals surface area contributed by atoms with Gasteiger partial charge in [0.1, 0.15) is 22.5 Å². The molecule has 0 saturated heterocycles. The zero-order valence-corrected chi connectivity index (χ0v) is 18.7. The molecule has 5 heterocycles. The molecule has 9 heteroatoms. The summed E-state index contributed by atoms with van der Waals surface area (Å²) < 4.78 is 13.7. The summed E-state index contributed by atoms with van der Waals surface area (Å²) in [6.45, 7) is 4.64. The molecule has 0 bridgehead atoms. The number of carbonyl (C=O) groups is 2. The van der Waals surface area contributed by atoms with E-state index in [1.165, 1.54) is 6.07 Å². The highest BCUT2D eigenvalue weighted by atomic mass is 35.5. The molecule has 7 nitrogen and oxygen atoms in total. The molecule has 2 aromatic rings. The maximum Gasteiger partial charge on any atom is 0.241 e. The van der Waals surface area contributed by atoms with E-state index in [0.29, 0.717) is 36.0 Å². The third-order valence-corrected chi connectivity index (χ3v) is 6.68. The third kappa shape index (κ3) is 3.45. The van der Waals surface area contributed by atoms with Crippen LogP contribution in [0.25, 0.3) is 0 Å². The molecule has 2 amide bonds. The molecule has 0 aliphatic carbocycles. The van der Waals surface area contributed by atoms with Crippen molar-refractivity contribution in [1.82, 2.24) is 15.6 Å². The summed E-state index contributed by atoms with van der Waals surface area (Å²) in [5, 5.41) is 12.1. The lowest BCUT2D eigenvalue weighted by atomic mass is 9.80. The van der Waals surface area contributed by atoms with Gasteiger partial charge in [-0.15, -0.1) is 0 Å². The Balaban J connectivity index is 0.000000139. The van der Waals surface area contributed by atoms with Gasteiger partial charge in [-0.05, 0) is 30.7 Å². The minimum Gasteiger partial charge on any atom is -0.322 e. The smallest absolute Gasteiger partial charge is 0.241 e. The number of carbonyl (C=O) groups excluding carboxylic acids is 2. The molecular weight excluding hydrogens is 445 g/mol. The van der Waals surface area contributed by atoms with E-state index in [-0.39, 0.29) is 17.5 Å². The van der Waals surface area contributed by atoms with Gasteiger partial charge in [-0.1, -0.05) is 35.9 Å². The van der Waals surface area contributed by atoms with E-state index >= 15 is 0 Å². The maximum absolute atomic E-state index is 13.7. The third-order valence-electron chi connectivity index (χ3n) is 6.46. The van der Waals surface area contributed by atoms with Crippen LogP contribution in [-0.4, -0.2) is 43.0 Å². The Hall–Kier alpha value is -3.07. The Bertz CT molecular complexity index is 1230. The molecule has 170 valence electrons. The van der Waals surface area contributed by atoms with Gasteiger partial charge in [0, 0.05) is 48.5 Å². The molecule has 33 heavy (non-hydrogen) atoms. The number of amides is 2. The number of anilines is 2. The summed E-state index contributed by atoms with van der Waals surface area (Å²) in [4.78, 5) is 28.4. The van der Waals surface area contributed by atoms with Gasteiger partial charge in [-0.2, -0.15) is 0 Å².